The molecular formula is C14H24N2O2. The highest BCUT2D eigenvalue weighted by Crippen LogP contribution is 2.31. The van der Waals surface area contributed by atoms with Crippen LogP contribution in [0.2, 0.25) is 0 Å². The van der Waals surface area contributed by atoms with Gasteiger partial charge in [0.2, 0.25) is 5.91 Å². The molecule has 4 nitrogen and oxygen atoms in total. The standard InChI is InChI=1S/C14H24N2O2/c1-10-4-6-15-13(10)14(17)16(12-2-3-12)8-11-5-7-18-9-11/h10-13,15H,2-9H2,1H3. The SMILES string of the molecule is CC1CCNC1C(=O)N(CC1CCOC1)C1CC1. The molecule has 1 saturated carbocycles. The van der Waals surface area contributed by atoms with Crippen LogP contribution in [0.25, 0.3) is 0 Å². The zero-order valence-corrected chi connectivity index (χ0v) is 11.2. The van der Waals surface area contributed by atoms with E-state index in [0.717, 1.165) is 39.1 Å². The first-order valence-corrected chi connectivity index (χ1v) is 7.37. The van der Waals surface area contributed by atoms with Gasteiger partial charge in [-0.1, -0.05) is 6.92 Å². The Bertz CT molecular complexity index is 311. The molecule has 0 aromatic rings. The summed E-state index contributed by atoms with van der Waals surface area (Å²) < 4.78 is 5.43. The Hall–Kier alpha value is -0.610. The lowest BCUT2D eigenvalue weighted by Gasteiger charge is -2.29. The largest absolute Gasteiger partial charge is 0.381 e. The molecule has 1 N–H and O–H groups in total. The summed E-state index contributed by atoms with van der Waals surface area (Å²) >= 11 is 0. The Balaban J connectivity index is 1.63. The lowest BCUT2D eigenvalue weighted by atomic mass is 10.0. The van der Waals surface area contributed by atoms with Crippen molar-refractivity contribution in [2.75, 3.05) is 26.3 Å². The van der Waals surface area contributed by atoms with Crippen LogP contribution in [0.15, 0.2) is 0 Å². The summed E-state index contributed by atoms with van der Waals surface area (Å²) in [6.45, 7) is 5.79. The molecule has 3 rings (SSSR count). The highest BCUT2D eigenvalue weighted by Gasteiger charge is 2.40. The van der Waals surface area contributed by atoms with E-state index >= 15 is 0 Å². The van der Waals surface area contributed by atoms with Crippen molar-refractivity contribution >= 4 is 5.91 Å². The Kier molecular flexibility index (Phi) is 3.57. The minimum Gasteiger partial charge on any atom is -0.381 e. The highest BCUT2D eigenvalue weighted by molar-refractivity contribution is 5.83. The maximum atomic E-state index is 12.6. The van der Waals surface area contributed by atoms with Gasteiger partial charge < -0.3 is 15.0 Å². The van der Waals surface area contributed by atoms with E-state index < -0.39 is 0 Å². The van der Waals surface area contributed by atoms with Crippen molar-refractivity contribution in [3.05, 3.63) is 0 Å². The zero-order valence-electron chi connectivity index (χ0n) is 11.2. The van der Waals surface area contributed by atoms with E-state index in [1.807, 2.05) is 0 Å². The summed E-state index contributed by atoms with van der Waals surface area (Å²) in [7, 11) is 0. The molecule has 0 aromatic heterocycles. The number of hydrogen-bond acceptors (Lipinski definition) is 3. The van der Waals surface area contributed by atoms with Crippen LogP contribution in [0.5, 0.6) is 0 Å². The molecule has 3 unspecified atom stereocenters. The van der Waals surface area contributed by atoms with Crippen molar-refractivity contribution in [1.29, 1.82) is 0 Å². The van der Waals surface area contributed by atoms with E-state index in [1.54, 1.807) is 0 Å². The molecule has 1 aliphatic carbocycles. The predicted octanol–water partition coefficient (Wildman–Crippen LogP) is 1.01. The quantitative estimate of drug-likeness (QED) is 0.812. The van der Waals surface area contributed by atoms with E-state index in [-0.39, 0.29) is 6.04 Å². The molecule has 0 aromatic carbocycles. The van der Waals surface area contributed by atoms with Crippen LogP contribution in [0.1, 0.15) is 32.6 Å². The molecule has 3 aliphatic rings. The van der Waals surface area contributed by atoms with E-state index in [9.17, 15) is 4.79 Å². The Morgan fingerprint density at radius 3 is 2.72 bits per heavy atom. The van der Waals surface area contributed by atoms with Gasteiger partial charge in [0.25, 0.3) is 0 Å². The number of hydrogen-bond donors (Lipinski definition) is 1. The second-order valence-corrected chi connectivity index (χ2v) is 6.15. The van der Waals surface area contributed by atoms with Crippen molar-refractivity contribution in [3.8, 4) is 0 Å². The monoisotopic (exact) mass is 252 g/mol. The van der Waals surface area contributed by atoms with Gasteiger partial charge in [0.15, 0.2) is 0 Å². The molecule has 0 bridgehead atoms. The molecule has 4 heteroatoms. The lowest BCUT2D eigenvalue weighted by molar-refractivity contribution is -0.135. The first-order valence-electron chi connectivity index (χ1n) is 7.37. The number of ether oxygens (including phenoxy) is 1. The van der Waals surface area contributed by atoms with Gasteiger partial charge in [-0.15, -0.1) is 0 Å². The van der Waals surface area contributed by atoms with Crippen LogP contribution < -0.4 is 5.32 Å². The highest BCUT2D eigenvalue weighted by atomic mass is 16.5. The summed E-state index contributed by atoms with van der Waals surface area (Å²) in [5.41, 5.74) is 0. The van der Waals surface area contributed by atoms with Crippen molar-refractivity contribution in [2.24, 2.45) is 11.8 Å². The molecule has 3 atom stereocenters. The Morgan fingerprint density at radius 2 is 2.17 bits per heavy atom. The number of amides is 1. The van der Waals surface area contributed by atoms with Crippen LogP contribution in [-0.4, -0.2) is 49.2 Å². The molecule has 0 spiro atoms. The molecule has 2 saturated heterocycles. The van der Waals surface area contributed by atoms with E-state index in [1.165, 1.54) is 12.8 Å². The van der Waals surface area contributed by atoms with Crippen molar-refractivity contribution < 1.29 is 9.53 Å². The third-order valence-electron chi connectivity index (χ3n) is 4.55. The molecule has 18 heavy (non-hydrogen) atoms. The first-order chi connectivity index (χ1) is 8.75. The van der Waals surface area contributed by atoms with E-state index in [4.69, 9.17) is 4.74 Å². The topological polar surface area (TPSA) is 41.6 Å². The van der Waals surface area contributed by atoms with Crippen molar-refractivity contribution in [2.45, 2.75) is 44.7 Å². The van der Waals surface area contributed by atoms with Gasteiger partial charge in [-0.2, -0.15) is 0 Å². The van der Waals surface area contributed by atoms with Crippen LogP contribution in [0.4, 0.5) is 0 Å². The Labute approximate surface area is 109 Å². The lowest BCUT2D eigenvalue weighted by Crippen LogP contribution is -2.48. The Morgan fingerprint density at radius 1 is 1.33 bits per heavy atom. The van der Waals surface area contributed by atoms with Crippen molar-refractivity contribution in [3.63, 3.8) is 0 Å². The summed E-state index contributed by atoms with van der Waals surface area (Å²) in [5, 5.41) is 3.37. The number of carbonyl (C=O) groups excluding carboxylic acids is 1. The van der Waals surface area contributed by atoms with Crippen LogP contribution in [0, 0.1) is 11.8 Å². The van der Waals surface area contributed by atoms with Gasteiger partial charge in [0.1, 0.15) is 0 Å². The average molecular weight is 252 g/mol. The molecule has 0 radical (unpaired) electrons. The number of carbonyl (C=O) groups is 1. The maximum absolute atomic E-state index is 12.6. The molecule has 2 heterocycles. The number of rotatable bonds is 4. The van der Waals surface area contributed by atoms with Crippen LogP contribution in [-0.2, 0) is 9.53 Å². The molecular weight excluding hydrogens is 228 g/mol. The molecule has 102 valence electrons. The minimum absolute atomic E-state index is 0.0629. The van der Waals surface area contributed by atoms with Gasteiger partial charge in [-0.25, -0.2) is 0 Å². The van der Waals surface area contributed by atoms with Gasteiger partial charge in [-0.3, -0.25) is 4.79 Å². The first kappa shape index (κ1) is 12.4. The van der Waals surface area contributed by atoms with Crippen LogP contribution in [0.3, 0.4) is 0 Å². The summed E-state index contributed by atoms with van der Waals surface area (Å²) in [5.74, 6) is 1.39. The fourth-order valence-electron chi connectivity index (χ4n) is 3.15. The molecule has 3 fully saturated rings. The third kappa shape index (κ3) is 2.54. The van der Waals surface area contributed by atoms with Crippen molar-refractivity contribution in [1.82, 2.24) is 10.2 Å². The van der Waals surface area contributed by atoms with Crippen LogP contribution >= 0.6 is 0 Å². The van der Waals surface area contributed by atoms with Gasteiger partial charge in [0.05, 0.1) is 12.6 Å². The number of nitrogens with zero attached hydrogens (tertiary/aromatic N) is 1. The maximum Gasteiger partial charge on any atom is 0.240 e. The summed E-state index contributed by atoms with van der Waals surface area (Å²) in [6, 6.07) is 0.584. The molecule has 2 aliphatic heterocycles. The summed E-state index contributed by atoms with van der Waals surface area (Å²) in [6.07, 6.45) is 4.63. The summed E-state index contributed by atoms with van der Waals surface area (Å²) in [4.78, 5) is 14.8. The van der Waals surface area contributed by atoms with Gasteiger partial charge >= 0.3 is 0 Å². The molecule has 1 amide bonds. The fourth-order valence-corrected chi connectivity index (χ4v) is 3.15. The smallest absolute Gasteiger partial charge is 0.240 e. The second kappa shape index (κ2) is 5.17. The average Bonchev–Trinajstić information content (AvgIpc) is 2.89. The van der Waals surface area contributed by atoms with Gasteiger partial charge in [-0.05, 0) is 38.1 Å². The van der Waals surface area contributed by atoms with E-state index in [0.29, 0.717) is 23.8 Å². The van der Waals surface area contributed by atoms with Gasteiger partial charge in [0, 0.05) is 25.1 Å². The van der Waals surface area contributed by atoms with E-state index in [2.05, 4.69) is 17.1 Å². The number of nitrogens with one attached hydrogen (secondary N) is 1. The fraction of sp³-hybridized carbons (Fsp3) is 0.929. The predicted molar refractivity (Wildman–Crippen MR) is 69.2 cm³/mol. The normalized spacial score (nSPS) is 35.9. The third-order valence-corrected chi connectivity index (χ3v) is 4.55. The second-order valence-electron chi connectivity index (χ2n) is 6.15. The minimum atomic E-state index is 0.0629. The zero-order chi connectivity index (χ0) is 12.5.